The molecule has 0 unspecified atom stereocenters. The summed E-state index contributed by atoms with van der Waals surface area (Å²) in [6.45, 7) is 1.19. The van der Waals surface area contributed by atoms with Crippen molar-refractivity contribution < 1.29 is 24.2 Å². The predicted molar refractivity (Wildman–Crippen MR) is 75.0 cm³/mol. The van der Waals surface area contributed by atoms with E-state index in [-0.39, 0.29) is 0 Å². The number of rotatable bonds is 7. The lowest BCUT2D eigenvalue weighted by Crippen LogP contribution is -2.43. The summed E-state index contributed by atoms with van der Waals surface area (Å²) in [6, 6.07) is 5.87. The maximum absolute atomic E-state index is 12.0. The molecule has 3 amide bonds. The fourth-order valence-electron chi connectivity index (χ4n) is 1.58. The first-order chi connectivity index (χ1) is 9.92. The highest BCUT2D eigenvalue weighted by molar-refractivity contribution is 5.94. The number of amides is 3. The summed E-state index contributed by atoms with van der Waals surface area (Å²) in [5.74, 6) is -1.47. The number of nitrogens with zero attached hydrogens (tertiary/aromatic N) is 1. The molecule has 8 nitrogen and oxygen atoms in total. The second kappa shape index (κ2) is 7.73. The fraction of sp³-hybridized carbons (Fsp3) is 0.308. The number of carboxylic acid groups (broad SMARTS) is 1. The topological polar surface area (TPSA) is 122 Å². The number of carbonyl (C=O) groups excluding carboxylic acids is 2. The molecule has 0 aliphatic carbocycles. The Labute approximate surface area is 121 Å². The Morgan fingerprint density at radius 3 is 2.62 bits per heavy atom. The highest BCUT2D eigenvalue weighted by Crippen LogP contribution is 2.17. The number of benzene rings is 1. The molecule has 0 spiro atoms. The fourth-order valence-corrected chi connectivity index (χ4v) is 1.58. The van der Waals surface area contributed by atoms with Crippen molar-refractivity contribution in [1.82, 2.24) is 4.90 Å². The molecule has 0 bridgehead atoms. The van der Waals surface area contributed by atoms with Gasteiger partial charge in [0, 0.05) is 11.8 Å². The van der Waals surface area contributed by atoms with Gasteiger partial charge in [-0.1, -0.05) is 6.07 Å². The van der Waals surface area contributed by atoms with E-state index >= 15 is 0 Å². The molecule has 0 fully saturated rings. The summed E-state index contributed by atoms with van der Waals surface area (Å²) in [5, 5.41) is 11.2. The number of ether oxygens (including phenoxy) is 1. The predicted octanol–water partition coefficient (Wildman–Crippen LogP) is 0.489. The lowest BCUT2D eigenvalue weighted by Gasteiger charge is -2.19. The monoisotopic (exact) mass is 295 g/mol. The number of hydrogen-bond donors (Lipinski definition) is 3. The van der Waals surface area contributed by atoms with Gasteiger partial charge in [0.05, 0.1) is 6.61 Å². The molecule has 0 aromatic heterocycles. The van der Waals surface area contributed by atoms with E-state index in [1.165, 1.54) is 0 Å². The molecule has 1 aromatic carbocycles. The Hall–Kier alpha value is -2.77. The molecule has 1 aromatic rings. The third-order valence-corrected chi connectivity index (χ3v) is 2.36. The maximum atomic E-state index is 12.0. The summed E-state index contributed by atoms with van der Waals surface area (Å²) in [4.78, 5) is 34.3. The summed E-state index contributed by atoms with van der Waals surface area (Å²) >= 11 is 0. The van der Waals surface area contributed by atoms with Crippen LogP contribution in [-0.4, -0.2) is 47.6 Å². The van der Waals surface area contributed by atoms with Crippen molar-refractivity contribution in [3.63, 3.8) is 0 Å². The Morgan fingerprint density at radius 1 is 1.33 bits per heavy atom. The Morgan fingerprint density at radius 2 is 2.05 bits per heavy atom. The van der Waals surface area contributed by atoms with Gasteiger partial charge in [-0.15, -0.1) is 0 Å². The van der Waals surface area contributed by atoms with Crippen molar-refractivity contribution >= 4 is 23.6 Å². The maximum Gasteiger partial charge on any atom is 0.323 e. The molecular formula is C13H17N3O5. The Kier molecular flexibility index (Phi) is 5.99. The number of hydrogen-bond acceptors (Lipinski definition) is 4. The minimum Gasteiger partial charge on any atom is -0.494 e. The molecule has 0 radical (unpaired) electrons. The van der Waals surface area contributed by atoms with Gasteiger partial charge in [0.2, 0.25) is 5.91 Å². The SMILES string of the molecule is CCOc1cccc(NC(=O)N(CC(N)=O)CC(=O)O)c1. The van der Waals surface area contributed by atoms with Crippen LogP contribution in [0.25, 0.3) is 0 Å². The number of nitrogens with two attached hydrogens (primary N) is 1. The number of primary amides is 1. The second-order valence-electron chi connectivity index (χ2n) is 4.11. The van der Waals surface area contributed by atoms with Gasteiger partial charge in [0.25, 0.3) is 0 Å². The van der Waals surface area contributed by atoms with Crippen molar-refractivity contribution in [3.05, 3.63) is 24.3 Å². The standard InChI is InChI=1S/C13H17N3O5/c1-2-21-10-5-3-4-9(6-10)15-13(20)16(7-11(14)17)8-12(18)19/h3-6H,2,7-8H2,1H3,(H2,14,17)(H,15,20)(H,18,19). The van der Waals surface area contributed by atoms with Crippen molar-refractivity contribution in [3.8, 4) is 5.75 Å². The van der Waals surface area contributed by atoms with Crippen LogP contribution in [0.15, 0.2) is 24.3 Å². The summed E-state index contributed by atoms with van der Waals surface area (Å²) in [5.41, 5.74) is 5.41. The van der Waals surface area contributed by atoms with Crippen LogP contribution in [0.1, 0.15) is 6.92 Å². The first kappa shape index (κ1) is 16.3. The second-order valence-corrected chi connectivity index (χ2v) is 4.11. The average Bonchev–Trinajstić information content (AvgIpc) is 2.37. The van der Waals surface area contributed by atoms with Crippen LogP contribution in [0.3, 0.4) is 0 Å². The van der Waals surface area contributed by atoms with E-state index in [9.17, 15) is 14.4 Å². The molecule has 21 heavy (non-hydrogen) atoms. The summed E-state index contributed by atoms with van der Waals surface area (Å²) in [7, 11) is 0. The molecule has 8 heteroatoms. The molecular weight excluding hydrogens is 278 g/mol. The minimum absolute atomic E-state index is 0.422. The van der Waals surface area contributed by atoms with Gasteiger partial charge in [0.15, 0.2) is 0 Å². The minimum atomic E-state index is -1.24. The van der Waals surface area contributed by atoms with E-state index in [0.717, 1.165) is 4.90 Å². The molecule has 0 saturated carbocycles. The number of carboxylic acids is 1. The molecule has 0 saturated heterocycles. The van der Waals surface area contributed by atoms with Gasteiger partial charge >= 0.3 is 12.0 Å². The molecule has 0 aliphatic rings. The van der Waals surface area contributed by atoms with Crippen LogP contribution in [-0.2, 0) is 9.59 Å². The van der Waals surface area contributed by atoms with Gasteiger partial charge in [-0.05, 0) is 19.1 Å². The van der Waals surface area contributed by atoms with E-state index in [1.54, 1.807) is 24.3 Å². The highest BCUT2D eigenvalue weighted by atomic mass is 16.5. The van der Waals surface area contributed by atoms with E-state index in [4.69, 9.17) is 15.6 Å². The highest BCUT2D eigenvalue weighted by Gasteiger charge is 2.18. The average molecular weight is 295 g/mol. The molecule has 114 valence electrons. The van der Waals surface area contributed by atoms with Crippen LogP contribution in [0.4, 0.5) is 10.5 Å². The number of nitrogens with one attached hydrogen (secondary N) is 1. The van der Waals surface area contributed by atoms with Crippen molar-refractivity contribution in [2.45, 2.75) is 6.92 Å². The Balaban J connectivity index is 2.77. The molecule has 4 N–H and O–H groups in total. The molecule has 1 rings (SSSR count). The molecule has 0 atom stereocenters. The van der Waals surface area contributed by atoms with Gasteiger partial charge in [0.1, 0.15) is 18.8 Å². The van der Waals surface area contributed by atoms with Crippen molar-refractivity contribution in [2.24, 2.45) is 5.73 Å². The third-order valence-electron chi connectivity index (χ3n) is 2.36. The van der Waals surface area contributed by atoms with E-state index in [1.807, 2.05) is 6.92 Å². The van der Waals surface area contributed by atoms with Crippen LogP contribution < -0.4 is 15.8 Å². The van der Waals surface area contributed by atoms with Crippen molar-refractivity contribution in [1.29, 1.82) is 0 Å². The van der Waals surface area contributed by atoms with Gasteiger partial charge in [-0.25, -0.2) is 4.79 Å². The van der Waals surface area contributed by atoms with E-state index < -0.39 is 31.0 Å². The molecule has 0 aliphatic heterocycles. The third kappa shape index (κ3) is 5.81. The largest absolute Gasteiger partial charge is 0.494 e. The van der Waals surface area contributed by atoms with Crippen molar-refractivity contribution in [2.75, 3.05) is 25.0 Å². The Bertz CT molecular complexity index is 516. The number of urea groups is 1. The van der Waals surface area contributed by atoms with Crippen LogP contribution in [0.2, 0.25) is 0 Å². The van der Waals surface area contributed by atoms with Gasteiger partial charge in [-0.3, -0.25) is 9.59 Å². The van der Waals surface area contributed by atoms with E-state index in [2.05, 4.69) is 5.32 Å². The van der Waals surface area contributed by atoms with Gasteiger partial charge in [-0.2, -0.15) is 0 Å². The van der Waals surface area contributed by atoms with Crippen LogP contribution in [0, 0.1) is 0 Å². The number of anilines is 1. The normalized spacial score (nSPS) is 9.76. The molecule has 0 heterocycles. The first-order valence-electron chi connectivity index (χ1n) is 6.21. The van der Waals surface area contributed by atoms with Crippen LogP contribution in [0.5, 0.6) is 5.75 Å². The van der Waals surface area contributed by atoms with E-state index in [0.29, 0.717) is 18.0 Å². The lowest BCUT2D eigenvalue weighted by molar-refractivity contribution is -0.137. The van der Waals surface area contributed by atoms with Gasteiger partial charge < -0.3 is 25.8 Å². The quantitative estimate of drug-likeness (QED) is 0.675. The zero-order valence-corrected chi connectivity index (χ0v) is 11.5. The zero-order valence-electron chi connectivity index (χ0n) is 11.5. The number of aliphatic carboxylic acids is 1. The summed E-state index contributed by atoms with van der Waals surface area (Å²) in [6.07, 6.45) is 0. The first-order valence-corrected chi connectivity index (χ1v) is 6.21. The van der Waals surface area contributed by atoms with Crippen LogP contribution >= 0.6 is 0 Å². The number of carbonyl (C=O) groups is 3. The smallest absolute Gasteiger partial charge is 0.323 e. The zero-order chi connectivity index (χ0) is 15.8. The lowest BCUT2D eigenvalue weighted by atomic mass is 10.3. The summed E-state index contributed by atoms with van der Waals surface area (Å²) < 4.78 is 5.28.